The Balaban J connectivity index is 1.23. The number of amides is 4. The van der Waals surface area contributed by atoms with Gasteiger partial charge in [0.1, 0.15) is 25.7 Å². The number of carbonyl (C=O) groups is 8. The zero-order valence-corrected chi connectivity index (χ0v) is 39.8. The number of anilines is 2. The molecule has 20 nitrogen and oxygen atoms in total. The van der Waals surface area contributed by atoms with E-state index in [9.17, 15) is 38.4 Å². The van der Waals surface area contributed by atoms with Gasteiger partial charge >= 0.3 is 23.9 Å². The minimum Gasteiger partial charge on any atom is -0.451 e. The second-order valence-corrected chi connectivity index (χ2v) is 17.8. The number of esters is 4. The van der Waals surface area contributed by atoms with Crippen LogP contribution in [0, 0.1) is 5.92 Å². The normalized spacial score (nSPS) is 25.4. The lowest BCUT2D eigenvalue weighted by molar-refractivity contribution is -0.171. The monoisotopic (exact) mass is 948 g/mol. The molecule has 2 aromatic carbocycles. The van der Waals surface area contributed by atoms with E-state index in [0.717, 1.165) is 43.8 Å². The van der Waals surface area contributed by atoms with E-state index in [1.807, 2.05) is 36.4 Å². The summed E-state index contributed by atoms with van der Waals surface area (Å²) in [5, 5.41) is 0. The van der Waals surface area contributed by atoms with Crippen LogP contribution in [0.4, 0.5) is 11.4 Å². The molecule has 68 heavy (non-hydrogen) atoms. The van der Waals surface area contributed by atoms with Crippen molar-refractivity contribution in [2.75, 3.05) is 110 Å². The molecular formula is C48H64N6O14. The van der Waals surface area contributed by atoms with Crippen molar-refractivity contribution in [3.8, 4) is 0 Å². The fourth-order valence-electron chi connectivity index (χ4n) is 8.24. The van der Waals surface area contributed by atoms with Gasteiger partial charge in [-0.1, -0.05) is 37.1 Å². The van der Waals surface area contributed by atoms with Crippen molar-refractivity contribution in [1.82, 2.24) is 19.6 Å². The standard InChI is InChI=1S/C48H64N6O14/c1-31-44(58)49(3)30-43(57)68-40(27-35-11-15-37(16-12-35)54-19-23-64-24-20-54)47(61)52(6)38(25-33-7-8-33)48(62)66-32(2)45(59)50(4)29-42(56)67-39(46(60)51(5)28-41(55)65-31)26-34-9-13-36(14-10-34)53-17-21-63-22-18-53/h9-16,31-33,38-40H,7-8,17-30H2,1-6H3. The summed E-state index contributed by atoms with van der Waals surface area (Å²) in [4.78, 5) is 118. The lowest BCUT2D eigenvalue weighted by Gasteiger charge is -2.31. The highest BCUT2D eigenvalue weighted by molar-refractivity contribution is 5.93. The highest BCUT2D eigenvalue weighted by Gasteiger charge is 2.40. The van der Waals surface area contributed by atoms with Crippen molar-refractivity contribution in [2.24, 2.45) is 5.92 Å². The van der Waals surface area contributed by atoms with Gasteiger partial charge < -0.3 is 57.8 Å². The van der Waals surface area contributed by atoms with E-state index in [1.54, 1.807) is 12.1 Å². The molecule has 370 valence electrons. The van der Waals surface area contributed by atoms with Crippen LogP contribution in [0.2, 0.25) is 0 Å². The van der Waals surface area contributed by atoms with E-state index < -0.39 is 97.6 Å². The predicted molar refractivity (Wildman–Crippen MR) is 244 cm³/mol. The Hall–Kier alpha value is -6.28. The fourth-order valence-corrected chi connectivity index (χ4v) is 8.24. The lowest BCUT2D eigenvalue weighted by atomic mass is 10.0. The van der Waals surface area contributed by atoms with Crippen molar-refractivity contribution in [3.63, 3.8) is 0 Å². The van der Waals surface area contributed by atoms with Gasteiger partial charge in [0, 0.05) is 78.6 Å². The van der Waals surface area contributed by atoms with E-state index >= 15 is 0 Å². The molecule has 1 saturated carbocycles. The van der Waals surface area contributed by atoms with Crippen LogP contribution < -0.4 is 9.80 Å². The van der Waals surface area contributed by atoms with Gasteiger partial charge in [0.25, 0.3) is 23.6 Å². The molecule has 2 aromatic rings. The Kier molecular flexibility index (Phi) is 17.8. The van der Waals surface area contributed by atoms with Crippen LogP contribution in [0.15, 0.2) is 48.5 Å². The fraction of sp³-hybridized carbons (Fsp3) is 0.583. The summed E-state index contributed by atoms with van der Waals surface area (Å²) in [5.74, 6) is -6.66. The molecule has 1 aliphatic carbocycles. The molecule has 3 aliphatic heterocycles. The Labute approximate surface area is 396 Å². The first kappa shape index (κ1) is 51.1. The number of rotatable bonds is 8. The number of hydrogen-bond donors (Lipinski definition) is 0. The minimum absolute atomic E-state index is 0.0841. The third-order valence-corrected chi connectivity index (χ3v) is 12.4. The maximum Gasteiger partial charge on any atom is 0.329 e. The summed E-state index contributed by atoms with van der Waals surface area (Å²) in [6, 6.07) is 13.6. The lowest BCUT2D eigenvalue weighted by Crippen LogP contribution is -2.51. The predicted octanol–water partition coefficient (Wildman–Crippen LogP) is 0.848. The maximum absolute atomic E-state index is 14.4. The number of carbonyl (C=O) groups excluding carboxylic acids is 8. The molecule has 4 amide bonds. The van der Waals surface area contributed by atoms with Crippen LogP contribution >= 0.6 is 0 Å². The molecule has 5 unspecified atom stereocenters. The third kappa shape index (κ3) is 14.1. The molecule has 5 atom stereocenters. The molecule has 0 N–H and O–H groups in total. The molecule has 20 heteroatoms. The average molecular weight is 949 g/mol. The van der Waals surface area contributed by atoms with E-state index in [4.69, 9.17) is 28.4 Å². The number of nitrogens with zero attached hydrogens (tertiary/aromatic N) is 6. The van der Waals surface area contributed by atoms with Crippen LogP contribution in [0.1, 0.15) is 44.2 Å². The van der Waals surface area contributed by atoms with Gasteiger partial charge in [-0.25, -0.2) is 4.79 Å². The highest BCUT2D eigenvalue weighted by atomic mass is 16.6. The van der Waals surface area contributed by atoms with Gasteiger partial charge in [-0.05, 0) is 61.6 Å². The first-order valence-corrected chi connectivity index (χ1v) is 23.1. The molecule has 3 saturated heterocycles. The number of ether oxygens (including phenoxy) is 6. The molecule has 0 bridgehead atoms. The molecule has 6 rings (SSSR count). The molecule has 3 heterocycles. The maximum atomic E-state index is 14.4. The van der Waals surface area contributed by atoms with Crippen molar-refractivity contribution in [1.29, 1.82) is 0 Å². The van der Waals surface area contributed by atoms with Crippen LogP contribution in [-0.2, 0) is 79.6 Å². The summed E-state index contributed by atoms with van der Waals surface area (Å²) >= 11 is 0. The van der Waals surface area contributed by atoms with Crippen LogP contribution in [0.25, 0.3) is 0 Å². The molecule has 0 radical (unpaired) electrons. The van der Waals surface area contributed by atoms with Crippen LogP contribution in [-0.4, -0.2) is 198 Å². The largest absolute Gasteiger partial charge is 0.451 e. The SMILES string of the molecule is CC1OC(=O)CN(C)C(=O)C(Cc2ccc(N3CCOCC3)cc2)OC(=O)CN(C)C(=O)C(C)OC(=O)C(CC2CC2)N(C)C(=O)C(Cc2ccc(N3CCOCC3)cc2)OC(=O)CN(C)C1=O. The van der Waals surface area contributed by atoms with Gasteiger partial charge in [0.2, 0.25) is 0 Å². The van der Waals surface area contributed by atoms with E-state index in [0.29, 0.717) is 63.7 Å². The quantitative estimate of drug-likeness (QED) is 0.265. The highest BCUT2D eigenvalue weighted by Crippen LogP contribution is 2.35. The van der Waals surface area contributed by atoms with E-state index in [2.05, 4.69) is 9.80 Å². The summed E-state index contributed by atoms with van der Waals surface area (Å²) < 4.78 is 33.5. The zero-order valence-electron chi connectivity index (χ0n) is 39.8. The van der Waals surface area contributed by atoms with E-state index in [-0.39, 0.29) is 25.2 Å². The summed E-state index contributed by atoms with van der Waals surface area (Å²) in [5.41, 5.74) is 3.17. The Morgan fingerprint density at radius 3 is 1.29 bits per heavy atom. The number of benzene rings is 2. The van der Waals surface area contributed by atoms with Crippen LogP contribution in [0.5, 0.6) is 0 Å². The topological polar surface area (TPSA) is 211 Å². The summed E-state index contributed by atoms with van der Waals surface area (Å²) in [6.45, 7) is 5.93. The average Bonchev–Trinajstić information content (AvgIpc) is 4.16. The second kappa shape index (κ2) is 23.6. The van der Waals surface area contributed by atoms with Crippen molar-refractivity contribution in [3.05, 3.63) is 59.7 Å². The molecule has 0 aromatic heterocycles. The van der Waals surface area contributed by atoms with Crippen LogP contribution in [0.3, 0.4) is 0 Å². The van der Waals surface area contributed by atoms with Gasteiger partial charge in [-0.3, -0.25) is 33.6 Å². The zero-order chi connectivity index (χ0) is 49.1. The first-order valence-electron chi connectivity index (χ1n) is 23.1. The number of hydrogen-bond acceptors (Lipinski definition) is 16. The van der Waals surface area contributed by atoms with Crippen molar-refractivity contribution >= 4 is 58.9 Å². The molecule has 4 aliphatic rings. The number of cyclic esters (lactones) is 4. The van der Waals surface area contributed by atoms with Gasteiger partial charge in [0.05, 0.1) is 26.4 Å². The smallest absolute Gasteiger partial charge is 0.329 e. The number of likely N-dealkylation sites (N-methyl/N-ethyl adjacent to an activating group) is 4. The minimum atomic E-state index is -1.46. The van der Waals surface area contributed by atoms with Gasteiger partial charge in [-0.15, -0.1) is 0 Å². The molecule has 4 fully saturated rings. The van der Waals surface area contributed by atoms with Crippen molar-refractivity contribution < 1.29 is 66.8 Å². The van der Waals surface area contributed by atoms with Gasteiger partial charge in [0.15, 0.2) is 24.4 Å². The number of morpholine rings is 2. The summed E-state index contributed by atoms with van der Waals surface area (Å²) in [7, 11) is 5.32. The molecule has 0 spiro atoms. The second-order valence-electron chi connectivity index (χ2n) is 17.8. The van der Waals surface area contributed by atoms with Gasteiger partial charge in [-0.2, -0.15) is 0 Å². The first-order chi connectivity index (χ1) is 32.5. The summed E-state index contributed by atoms with van der Waals surface area (Å²) in [6.07, 6.45) is -4.07. The Morgan fingerprint density at radius 2 is 0.868 bits per heavy atom. The Morgan fingerprint density at radius 1 is 0.485 bits per heavy atom. The van der Waals surface area contributed by atoms with E-state index in [1.165, 1.54) is 42.0 Å². The third-order valence-electron chi connectivity index (χ3n) is 12.4. The molecular weight excluding hydrogens is 885 g/mol. The Bertz CT molecular complexity index is 2120. The van der Waals surface area contributed by atoms with Crippen molar-refractivity contribution in [2.45, 2.75) is 76.4 Å².